The highest BCUT2D eigenvalue weighted by Crippen LogP contribution is 2.54. The monoisotopic (exact) mass is 240 g/mol. The van der Waals surface area contributed by atoms with Crippen molar-refractivity contribution in [3.8, 4) is 0 Å². The van der Waals surface area contributed by atoms with Crippen LogP contribution >= 0.6 is 0 Å². The number of hydrogen-bond donors (Lipinski definition) is 0. The Morgan fingerprint density at radius 3 is 2.76 bits per heavy atom. The minimum Gasteiger partial charge on any atom is -0.456 e. The van der Waals surface area contributed by atoms with Gasteiger partial charge in [0.05, 0.1) is 6.10 Å². The van der Waals surface area contributed by atoms with Gasteiger partial charge in [-0.05, 0) is 13.8 Å². The molecule has 0 bridgehead atoms. The Morgan fingerprint density at radius 2 is 2.06 bits per heavy atom. The summed E-state index contributed by atoms with van der Waals surface area (Å²) in [4.78, 5) is 11.4. The molecule has 0 aromatic rings. The van der Waals surface area contributed by atoms with Crippen LogP contribution in [0.3, 0.4) is 0 Å². The lowest BCUT2D eigenvalue weighted by atomic mass is 9.80. The van der Waals surface area contributed by atoms with Gasteiger partial charge in [0.1, 0.15) is 23.9 Å². The Morgan fingerprint density at radius 1 is 1.24 bits per heavy atom. The van der Waals surface area contributed by atoms with Gasteiger partial charge in [-0.25, -0.2) is 0 Å². The topological polar surface area (TPSA) is 57.3 Å². The summed E-state index contributed by atoms with van der Waals surface area (Å²) in [6.45, 7) is 3.83. The molecule has 4 fully saturated rings. The van der Waals surface area contributed by atoms with Gasteiger partial charge in [-0.1, -0.05) is 0 Å². The predicted molar refractivity (Wildman–Crippen MR) is 55.2 cm³/mol. The maximum Gasteiger partial charge on any atom is 0.306 e. The van der Waals surface area contributed by atoms with Crippen molar-refractivity contribution in [2.45, 2.75) is 68.9 Å². The SMILES string of the molecule is CC1(C)O[C@H]2[C@H]3O[C@H]3[C@]3(CCC(=O)O3)C[C@H]2O1. The number of carbonyl (C=O) groups excluding carboxylic acids is 1. The molecular formula is C12H16O5. The van der Waals surface area contributed by atoms with E-state index in [2.05, 4.69) is 0 Å². The molecule has 5 nitrogen and oxygen atoms in total. The van der Waals surface area contributed by atoms with E-state index in [1.54, 1.807) is 0 Å². The van der Waals surface area contributed by atoms with Crippen LogP contribution in [0, 0.1) is 0 Å². The minimum absolute atomic E-state index is 0.0000676. The molecule has 3 aliphatic heterocycles. The van der Waals surface area contributed by atoms with E-state index in [0.717, 1.165) is 6.42 Å². The normalized spacial score (nSPS) is 54.4. The lowest BCUT2D eigenvalue weighted by molar-refractivity contribution is -0.160. The molecule has 4 rings (SSSR count). The molecule has 1 saturated carbocycles. The van der Waals surface area contributed by atoms with Crippen LogP contribution in [0.2, 0.25) is 0 Å². The van der Waals surface area contributed by atoms with E-state index in [0.29, 0.717) is 12.8 Å². The fraction of sp³-hybridized carbons (Fsp3) is 0.917. The standard InChI is InChI=1S/C12H16O5/c1-11(2)15-6-5-12(4-3-7(13)16-12)10-9(14-10)8(6)17-11/h6,8-10H,3-5H2,1-2H3/t6-,8-,9-,10-,12+/m1/s1. The second kappa shape index (κ2) is 2.84. The summed E-state index contributed by atoms with van der Waals surface area (Å²) in [5.41, 5.74) is -0.438. The Kier molecular flexibility index (Phi) is 1.72. The van der Waals surface area contributed by atoms with Crippen LogP contribution in [-0.4, -0.2) is 41.8 Å². The van der Waals surface area contributed by atoms with Crippen LogP contribution in [0.4, 0.5) is 0 Å². The van der Waals surface area contributed by atoms with Gasteiger partial charge in [0, 0.05) is 19.3 Å². The Balaban J connectivity index is 1.62. The molecule has 0 N–H and O–H groups in total. The van der Waals surface area contributed by atoms with Gasteiger partial charge < -0.3 is 18.9 Å². The molecule has 0 aromatic carbocycles. The zero-order valence-corrected chi connectivity index (χ0v) is 9.97. The summed E-state index contributed by atoms with van der Waals surface area (Å²) in [6.07, 6.45) is 2.00. The van der Waals surface area contributed by atoms with Crippen molar-refractivity contribution in [3.63, 3.8) is 0 Å². The van der Waals surface area contributed by atoms with E-state index in [9.17, 15) is 4.79 Å². The summed E-state index contributed by atoms with van der Waals surface area (Å²) in [5.74, 6) is -0.671. The summed E-state index contributed by atoms with van der Waals surface area (Å²) in [5, 5.41) is 0. The molecule has 3 saturated heterocycles. The van der Waals surface area contributed by atoms with Gasteiger partial charge in [-0.3, -0.25) is 4.79 Å². The smallest absolute Gasteiger partial charge is 0.306 e. The fourth-order valence-electron chi connectivity index (χ4n) is 3.54. The Bertz CT molecular complexity index is 392. The van der Waals surface area contributed by atoms with Crippen molar-refractivity contribution >= 4 is 5.97 Å². The highest BCUT2D eigenvalue weighted by Gasteiger charge is 2.70. The molecule has 0 unspecified atom stereocenters. The van der Waals surface area contributed by atoms with Crippen LogP contribution < -0.4 is 0 Å². The van der Waals surface area contributed by atoms with E-state index in [-0.39, 0.29) is 30.4 Å². The van der Waals surface area contributed by atoms with Crippen LogP contribution in [0.5, 0.6) is 0 Å². The molecule has 0 amide bonds. The zero-order chi connectivity index (χ0) is 11.8. The van der Waals surface area contributed by atoms with Gasteiger partial charge >= 0.3 is 5.97 Å². The maximum atomic E-state index is 11.4. The highest BCUT2D eigenvalue weighted by atomic mass is 16.8. The molecule has 17 heavy (non-hydrogen) atoms. The first kappa shape index (κ1) is 10.3. The van der Waals surface area contributed by atoms with Gasteiger partial charge in [0.25, 0.3) is 0 Å². The van der Waals surface area contributed by atoms with E-state index in [1.807, 2.05) is 13.8 Å². The molecule has 1 aliphatic carbocycles. The van der Waals surface area contributed by atoms with E-state index < -0.39 is 11.4 Å². The second-order valence-electron chi connectivity index (χ2n) is 5.90. The molecule has 1 spiro atoms. The maximum absolute atomic E-state index is 11.4. The molecule has 4 aliphatic rings. The van der Waals surface area contributed by atoms with Crippen molar-refractivity contribution in [1.82, 2.24) is 0 Å². The van der Waals surface area contributed by atoms with Gasteiger partial charge in [0.2, 0.25) is 0 Å². The van der Waals surface area contributed by atoms with Gasteiger partial charge in [0.15, 0.2) is 5.79 Å². The van der Waals surface area contributed by atoms with Crippen LogP contribution in [0.15, 0.2) is 0 Å². The first-order chi connectivity index (χ1) is 7.99. The molecule has 94 valence electrons. The van der Waals surface area contributed by atoms with Crippen molar-refractivity contribution in [2.24, 2.45) is 0 Å². The van der Waals surface area contributed by atoms with Crippen LogP contribution in [0.25, 0.3) is 0 Å². The lowest BCUT2D eigenvalue weighted by Gasteiger charge is -2.33. The number of carbonyl (C=O) groups is 1. The predicted octanol–water partition coefficient (Wildman–Crippen LogP) is 0.753. The molecule has 0 aromatic heterocycles. The number of ether oxygens (including phenoxy) is 4. The number of epoxide rings is 1. The average molecular weight is 240 g/mol. The van der Waals surface area contributed by atoms with Crippen LogP contribution in [-0.2, 0) is 23.7 Å². The first-order valence-electron chi connectivity index (χ1n) is 6.22. The van der Waals surface area contributed by atoms with Gasteiger partial charge in [-0.15, -0.1) is 0 Å². The van der Waals surface area contributed by atoms with Gasteiger partial charge in [-0.2, -0.15) is 0 Å². The first-order valence-corrected chi connectivity index (χ1v) is 6.22. The van der Waals surface area contributed by atoms with Crippen molar-refractivity contribution in [2.75, 3.05) is 0 Å². The Hall–Kier alpha value is -0.650. The summed E-state index contributed by atoms with van der Waals surface area (Å²) in [7, 11) is 0. The molecular weight excluding hydrogens is 224 g/mol. The lowest BCUT2D eigenvalue weighted by Crippen LogP contribution is -2.49. The zero-order valence-electron chi connectivity index (χ0n) is 9.97. The van der Waals surface area contributed by atoms with Crippen molar-refractivity contribution in [3.05, 3.63) is 0 Å². The molecule has 5 atom stereocenters. The van der Waals surface area contributed by atoms with Crippen molar-refractivity contribution < 1.29 is 23.7 Å². The number of esters is 1. The fourth-order valence-corrected chi connectivity index (χ4v) is 3.54. The third-order valence-electron chi connectivity index (χ3n) is 4.21. The minimum atomic E-state index is -0.556. The molecule has 3 heterocycles. The van der Waals surface area contributed by atoms with Crippen LogP contribution in [0.1, 0.15) is 33.1 Å². The summed E-state index contributed by atoms with van der Waals surface area (Å²) < 4.78 is 22.9. The quantitative estimate of drug-likeness (QED) is 0.462. The largest absolute Gasteiger partial charge is 0.456 e. The second-order valence-corrected chi connectivity index (χ2v) is 5.90. The van der Waals surface area contributed by atoms with E-state index in [4.69, 9.17) is 18.9 Å². The van der Waals surface area contributed by atoms with E-state index >= 15 is 0 Å². The number of hydrogen-bond acceptors (Lipinski definition) is 5. The average Bonchev–Trinajstić information content (AvgIpc) is 2.87. The van der Waals surface area contributed by atoms with Crippen molar-refractivity contribution in [1.29, 1.82) is 0 Å². The third-order valence-corrected chi connectivity index (χ3v) is 4.21. The number of fused-ring (bicyclic) bond motifs is 4. The summed E-state index contributed by atoms with van der Waals surface area (Å²) >= 11 is 0. The molecule has 5 heteroatoms. The third kappa shape index (κ3) is 1.33. The highest BCUT2D eigenvalue weighted by molar-refractivity contribution is 5.72. The molecule has 0 radical (unpaired) electrons. The number of rotatable bonds is 0. The van der Waals surface area contributed by atoms with E-state index in [1.165, 1.54) is 0 Å². The summed E-state index contributed by atoms with van der Waals surface area (Å²) in [6, 6.07) is 0. The Labute approximate surface area is 99.3 Å².